The maximum absolute atomic E-state index is 12.8. The van der Waals surface area contributed by atoms with Gasteiger partial charge in [-0.05, 0) is 50.6 Å². The summed E-state index contributed by atoms with van der Waals surface area (Å²) in [5.41, 5.74) is 4.07. The molecule has 0 atom stereocenters. The lowest BCUT2D eigenvalue weighted by atomic mass is 10.1. The predicted octanol–water partition coefficient (Wildman–Crippen LogP) is 1.21. The van der Waals surface area contributed by atoms with Gasteiger partial charge < -0.3 is 19.5 Å². The fraction of sp³-hybridized carbons (Fsp3) is 0.409. The Kier molecular flexibility index (Phi) is 6.17. The van der Waals surface area contributed by atoms with Crippen LogP contribution in [0.25, 0.3) is 0 Å². The van der Waals surface area contributed by atoms with Gasteiger partial charge in [0.25, 0.3) is 0 Å². The van der Waals surface area contributed by atoms with Gasteiger partial charge in [0, 0.05) is 16.9 Å². The molecule has 0 unspecified atom stereocenters. The Morgan fingerprint density at radius 3 is 2.28 bits per heavy atom. The highest BCUT2D eigenvalue weighted by molar-refractivity contribution is 6.02. The van der Waals surface area contributed by atoms with Crippen LogP contribution in [0.1, 0.15) is 49.4 Å². The lowest BCUT2D eigenvalue weighted by molar-refractivity contribution is -0.892. The van der Waals surface area contributed by atoms with Crippen molar-refractivity contribution in [3.05, 3.63) is 52.3 Å². The summed E-state index contributed by atoms with van der Waals surface area (Å²) < 4.78 is 4.82. The van der Waals surface area contributed by atoms with E-state index in [2.05, 4.69) is 9.88 Å². The summed E-state index contributed by atoms with van der Waals surface area (Å²) in [6, 6.07) is 7.67. The van der Waals surface area contributed by atoms with Crippen LogP contribution in [0.15, 0.2) is 24.3 Å². The smallest absolute Gasteiger partial charge is 0.339 e. The zero-order chi connectivity index (χ0) is 21.1. The zero-order valence-electron chi connectivity index (χ0n) is 17.4. The molecule has 29 heavy (non-hydrogen) atoms. The number of ketones is 2. The number of anilines is 1. The van der Waals surface area contributed by atoms with E-state index in [1.807, 2.05) is 24.3 Å². The van der Waals surface area contributed by atoms with Crippen molar-refractivity contribution in [3.8, 4) is 0 Å². The number of esters is 1. The number of Topliss-reactive ketones (excluding diaryl/α,β-unsaturated/α-hetero) is 2. The first-order valence-electron chi connectivity index (χ1n) is 9.82. The molecule has 1 aliphatic heterocycles. The van der Waals surface area contributed by atoms with Crippen LogP contribution in [-0.4, -0.2) is 62.4 Å². The van der Waals surface area contributed by atoms with E-state index < -0.39 is 5.97 Å². The lowest BCUT2D eigenvalue weighted by Gasteiger charge is -2.33. The molecule has 1 aromatic heterocycles. The van der Waals surface area contributed by atoms with Crippen LogP contribution in [0.5, 0.6) is 0 Å². The number of carbonyl (C=O) groups is 3. The van der Waals surface area contributed by atoms with Crippen molar-refractivity contribution in [1.29, 1.82) is 0 Å². The zero-order valence-corrected chi connectivity index (χ0v) is 17.4. The van der Waals surface area contributed by atoms with Gasteiger partial charge in [-0.2, -0.15) is 0 Å². The van der Waals surface area contributed by atoms with Gasteiger partial charge in [0.15, 0.2) is 5.78 Å². The summed E-state index contributed by atoms with van der Waals surface area (Å²) in [6.07, 6.45) is 0. The van der Waals surface area contributed by atoms with Gasteiger partial charge in [0.1, 0.15) is 6.54 Å². The van der Waals surface area contributed by atoms with Crippen LogP contribution in [-0.2, 0) is 4.74 Å². The molecule has 0 radical (unpaired) electrons. The summed E-state index contributed by atoms with van der Waals surface area (Å²) in [4.78, 5) is 42.7. The third-order valence-electron chi connectivity index (χ3n) is 5.63. The molecule has 1 aromatic carbocycles. The highest BCUT2D eigenvalue weighted by Gasteiger charge is 2.27. The first-order valence-corrected chi connectivity index (χ1v) is 9.82. The molecule has 0 aliphatic carbocycles. The third-order valence-corrected chi connectivity index (χ3v) is 5.63. The minimum Gasteiger partial charge on any atom is -0.465 e. The number of H-pyrrole nitrogens is 1. The first-order chi connectivity index (χ1) is 13.8. The summed E-state index contributed by atoms with van der Waals surface area (Å²) in [7, 11) is 1.34. The van der Waals surface area contributed by atoms with Crippen LogP contribution >= 0.6 is 0 Å². The number of methoxy groups -OCH3 is 1. The summed E-state index contributed by atoms with van der Waals surface area (Å²) in [5, 5.41) is 0. The van der Waals surface area contributed by atoms with E-state index in [0.29, 0.717) is 34.6 Å². The molecule has 2 N–H and O–H groups in total. The molecule has 2 aromatic rings. The van der Waals surface area contributed by atoms with E-state index >= 15 is 0 Å². The molecule has 7 heteroatoms. The molecule has 0 amide bonds. The Hall–Kier alpha value is -2.93. The molecule has 154 valence electrons. The van der Waals surface area contributed by atoms with Crippen LogP contribution in [0.2, 0.25) is 0 Å². The summed E-state index contributed by atoms with van der Waals surface area (Å²) >= 11 is 0. The van der Waals surface area contributed by atoms with Crippen molar-refractivity contribution in [1.82, 2.24) is 4.98 Å². The first kappa shape index (κ1) is 20.8. The summed E-state index contributed by atoms with van der Waals surface area (Å²) in [5.74, 6) is -0.350. The summed E-state index contributed by atoms with van der Waals surface area (Å²) in [6.45, 7) is 8.90. The van der Waals surface area contributed by atoms with Crippen LogP contribution in [0, 0.1) is 13.8 Å². The van der Waals surface area contributed by atoms with Crippen molar-refractivity contribution in [2.75, 3.05) is 44.7 Å². The Morgan fingerprint density at radius 1 is 1.10 bits per heavy atom. The molecule has 0 saturated carbocycles. The van der Waals surface area contributed by atoms with Crippen LogP contribution < -0.4 is 9.80 Å². The second-order valence-electron chi connectivity index (χ2n) is 7.56. The number of rotatable bonds is 6. The Labute approximate surface area is 170 Å². The molecule has 2 heterocycles. The van der Waals surface area contributed by atoms with Crippen molar-refractivity contribution in [3.63, 3.8) is 0 Å². The van der Waals surface area contributed by atoms with Crippen LogP contribution in [0.3, 0.4) is 0 Å². The number of aryl methyl sites for hydroxylation is 1. The van der Waals surface area contributed by atoms with E-state index in [0.717, 1.165) is 31.9 Å². The molecule has 0 spiro atoms. The molecular weight excluding hydrogens is 370 g/mol. The number of nitrogens with one attached hydrogen (secondary N) is 2. The number of quaternary nitrogens is 1. The second-order valence-corrected chi connectivity index (χ2v) is 7.56. The largest absolute Gasteiger partial charge is 0.465 e. The Balaban J connectivity index is 1.60. The van der Waals surface area contributed by atoms with Gasteiger partial charge in [-0.1, -0.05) is 0 Å². The molecule has 1 saturated heterocycles. The number of hydrogen-bond acceptors (Lipinski definition) is 5. The minimum atomic E-state index is -0.424. The quantitative estimate of drug-likeness (QED) is 0.565. The maximum atomic E-state index is 12.8. The fourth-order valence-electron chi connectivity index (χ4n) is 3.92. The number of aromatic amines is 1. The number of piperazine rings is 1. The van der Waals surface area contributed by atoms with E-state index in [1.165, 1.54) is 12.0 Å². The second kappa shape index (κ2) is 8.61. The molecule has 7 nitrogen and oxygen atoms in total. The fourth-order valence-corrected chi connectivity index (χ4v) is 3.92. The van der Waals surface area contributed by atoms with E-state index in [-0.39, 0.29) is 11.6 Å². The van der Waals surface area contributed by atoms with Crippen molar-refractivity contribution in [2.45, 2.75) is 20.8 Å². The van der Waals surface area contributed by atoms with Crippen molar-refractivity contribution < 1.29 is 24.0 Å². The monoisotopic (exact) mass is 398 g/mol. The topological polar surface area (TPSA) is 83.9 Å². The molecule has 3 rings (SSSR count). The number of nitrogens with zero attached hydrogens (tertiary/aromatic N) is 1. The van der Waals surface area contributed by atoms with E-state index in [1.54, 1.807) is 20.8 Å². The minimum absolute atomic E-state index is 0.00927. The van der Waals surface area contributed by atoms with Gasteiger partial charge >= 0.3 is 5.97 Å². The van der Waals surface area contributed by atoms with E-state index in [4.69, 9.17) is 4.74 Å². The number of hydrogen-bond donors (Lipinski definition) is 2. The SMILES string of the molecule is COC(=O)c1c(C)[nH]c(C(=O)C[NH+]2CCN(c3ccc(C(C)=O)cc3)CC2)c1C. The van der Waals surface area contributed by atoms with Crippen molar-refractivity contribution >= 4 is 23.2 Å². The van der Waals surface area contributed by atoms with E-state index in [9.17, 15) is 14.4 Å². The van der Waals surface area contributed by atoms with Gasteiger partial charge in [0.05, 0.1) is 44.5 Å². The average Bonchev–Trinajstić information content (AvgIpc) is 3.02. The number of aromatic nitrogens is 1. The number of carbonyl (C=O) groups excluding carboxylic acids is 3. The highest BCUT2D eigenvalue weighted by Crippen LogP contribution is 2.19. The number of ether oxygens (including phenoxy) is 1. The lowest BCUT2D eigenvalue weighted by Crippen LogP contribution is -3.15. The standard InChI is InChI=1S/C22H27N3O4/c1-14-20(22(28)29-4)15(2)23-21(14)19(27)13-24-9-11-25(12-10-24)18-7-5-17(6-8-18)16(3)26/h5-8,23H,9-13H2,1-4H3/p+1. The van der Waals surface area contributed by atoms with Gasteiger partial charge in [-0.3, -0.25) is 9.59 Å². The van der Waals surface area contributed by atoms with Gasteiger partial charge in [-0.25, -0.2) is 4.79 Å². The van der Waals surface area contributed by atoms with Gasteiger partial charge in [0.2, 0.25) is 5.78 Å². The molecule has 0 bridgehead atoms. The predicted molar refractivity (Wildman–Crippen MR) is 110 cm³/mol. The molecule has 1 aliphatic rings. The van der Waals surface area contributed by atoms with Crippen LogP contribution in [0.4, 0.5) is 5.69 Å². The highest BCUT2D eigenvalue weighted by atomic mass is 16.5. The Bertz CT molecular complexity index is 922. The molecular formula is C22H28N3O4+. The third kappa shape index (κ3) is 4.40. The van der Waals surface area contributed by atoms with Gasteiger partial charge in [-0.15, -0.1) is 0 Å². The Morgan fingerprint density at radius 2 is 1.72 bits per heavy atom. The number of benzene rings is 1. The molecule has 1 fully saturated rings. The normalized spacial score (nSPS) is 14.7. The maximum Gasteiger partial charge on any atom is 0.339 e. The average molecular weight is 398 g/mol. The van der Waals surface area contributed by atoms with Crippen molar-refractivity contribution in [2.24, 2.45) is 0 Å².